The minimum atomic E-state index is -0.969. The first-order chi connectivity index (χ1) is 15.2. The summed E-state index contributed by atoms with van der Waals surface area (Å²) in [4.78, 5) is 24.6. The molecule has 3 aromatic heterocycles. The SMILES string of the molecule is COc1cnc2c(-c3nc4cc(F)c(O[C@@H](C)[C@@H](C)OC(=O)Cl)nc4s3)cc(Cl)cc2c1. The molecule has 4 rings (SSSR count). The number of carbonyl (C=O) groups excluding carboxylic acids is 1. The highest BCUT2D eigenvalue weighted by atomic mass is 35.5. The van der Waals surface area contributed by atoms with Crippen molar-refractivity contribution in [3.8, 4) is 22.2 Å². The summed E-state index contributed by atoms with van der Waals surface area (Å²) in [7, 11) is 1.56. The van der Waals surface area contributed by atoms with Crippen LogP contribution < -0.4 is 9.47 Å². The summed E-state index contributed by atoms with van der Waals surface area (Å²) in [5.41, 5.74) is 0.766. The number of hydrogen-bond acceptors (Lipinski definition) is 8. The fourth-order valence-electron chi connectivity index (χ4n) is 3.00. The number of rotatable bonds is 6. The minimum Gasteiger partial charge on any atom is -0.495 e. The van der Waals surface area contributed by atoms with E-state index in [2.05, 4.69) is 15.0 Å². The van der Waals surface area contributed by atoms with E-state index in [4.69, 9.17) is 37.4 Å². The van der Waals surface area contributed by atoms with Crippen molar-refractivity contribution in [2.75, 3.05) is 7.11 Å². The Morgan fingerprint density at radius 2 is 1.94 bits per heavy atom. The lowest BCUT2D eigenvalue weighted by Crippen LogP contribution is -2.30. The average Bonchev–Trinajstić information content (AvgIpc) is 3.14. The number of methoxy groups -OCH3 is 1. The smallest absolute Gasteiger partial charge is 0.404 e. The minimum absolute atomic E-state index is 0.225. The van der Waals surface area contributed by atoms with Crippen molar-refractivity contribution in [1.82, 2.24) is 15.0 Å². The molecule has 0 saturated carbocycles. The van der Waals surface area contributed by atoms with Crippen molar-refractivity contribution in [3.05, 3.63) is 41.3 Å². The van der Waals surface area contributed by atoms with Crippen LogP contribution in [0.3, 0.4) is 0 Å². The van der Waals surface area contributed by atoms with Gasteiger partial charge >= 0.3 is 5.43 Å². The number of carbonyl (C=O) groups is 1. The number of hydrogen-bond donors (Lipinski definition) is 0. The van der Waals surface area contributed by atoms with Gasteiger partial charge in [0.05, 0.1) is 18.8 Å². The number of halogens is 3. The van der Waals surface area contributed by atoms with Gasteiger partial charge in [-0.05, 0) is 32.0 Å². The van der Waals surface area contributed by atoms with Crippen molar-refractivity contribution in [3.63, 3.8) is 0 Å². The molecule has 2 atom stereocenters. The fourth-order valence-corrected chi connectivity index (χ4v) is 4.30. The number of thiazole rings is 1. The van der Waals surface area contributed by atoms with Crippen molar-refractivity contribution in [1.29, 1.82) is 0 Å². The van der Waals surface area contributed by atoms with Crippen molar-refractivity contribution >= 4 is 61.2 Å². The molecule has 0 amide bonds. The van der Waals surface area contributed by atoms with E-state index in [0.29, 0.717) is 37.2 Å². The molecular weight excluding hydrogens is 480 g/mol. The Morgan fingerprint density at radius 3 is 2.66 bits per heavy atom. The highest BCUT2D eigenvalue weighted by Crippen LogP contribution is 2.37. The van der Waals surface area contributed by atoms with E-state index in [1.54, 1.807) is 39.3 Å². The molecule has 0 unspecified atom stereocenters. The predicted octanol–water partition coefficient (Wildman–Crippen LogP) is 6.24. The summed E-state index contributed by atoms with van der Waals surface area (Å²) in [6.07, 6.45) is 0.225. The zero-order valence-electron chi connectivity index (χ0n) is 17.1. The van der Waals surface area contributed by atoms with Gasteiger partial charge in [0.1, 0.15) is 33.3 Å². The van der Waals surface area contributed by atoms with Gasteiger partial charge in [0.15, 0.2) is 5.82 Å². The lowest BCUT2D eigenvalue weighted by molar-refractivity contribution is 0.0433. The van der Waals surface area contributed by atoms with Crippen LogP contribution in [-0.2, 0) is 4.74 Å². The summed E-state index contributed by atoms with van der Waals surface area (Å²) in [6.45, 7) is 3.20. The maximum absolute atomic E-state index is 14.6. The molecule has 7 nitrogen and oxygen atoms in total. The largest absolute Gasteiger partial charge is 0.495 e. The zero-order chi connectivity index (χ0) is 23.0. The molecule has 166 valence electrons. The Labute approximate surface area is 196 Å². The van der Waals surface area contributed by atoms with E-state index in [1.807, 2.05) is 6.07 Å². The Morgan fingerprint density at radius 1 is 1.16 bits per heavy atom. The lowest BCUT2D eigenvalue weighted by atomic mass is 10.1. The van der Waals surface area contributed by atoms with Gasteiger partial charge in [-0.15, -0.1) is 0 Å². The molecule has 32 heavy (non-hydrogen) atoms. The second-order valence-electron chi connectivity index (χ2n) is 6.90. The lowest BCUT2D eigenvalue weighted by Gasteiger charge is -2.20. The third-order valence-corrected chi connectivity index (χ3v) is 6.04. The van der Waals surface area contributed by atoms with E-state index < -0.39 is 23.5 Å². The first kappa shape index (κ1) is 22.4. The molecule has 1 aromatic carbocycles. The number of aromatic nitrogens is 3. The molecule has 0 bridgehead atoms. The fraction of sp³-hybridized carbons (Fsp3) is 0.238. The summed E-state index contributed by atoms with van der Waals surface area (Å²) in [5, 5.41) is 1.86. The van der Waals surface area contributed by atoms with Gasteiger partial charge in [0, 0.05) is 33.6 Å². The Bertz CT molecular complexity index is 1330. The number of benzene rings is 1. The van der Waals surface area contributed by atoms with Crippen molar-refractivity contribution < 1.29 is 23.4 Å². The van der Waals surface area contributed by atoms with Crippen LogP contribution in [0.25, 0.3) is 31.8 Å². The number of ether oxygens (including phenoxy) is 3. The topological polar surface area (TPSA) is 83.4 Å². The number of nitrogens with zero attached hydrogens (tertiary/aromatic N) is 3. The molecule has 0 aliphatic heterocycles. The standard InChI is InChI=1S/C21H16Cl2FN3O4S/c1-9(10(2)31-21(23)28)30-18-15(24)7-16-20(27-18)32-19(26-16)14-6-12(22)4-11-5-13(29-3)8-25-17(11)14/h4-10H,1-3H3/t9-,10+/m0/s1. The van der Waals surface area contributed by atoms with Crippen LogP contribution in [0, 0.1) is 5.82 Å². The van der Waals surface area contributed by atoms with E-state index >= 15 is 0 Å². The van der Waals surface area contributed by atoms with Gasteiger partial charge in [0.25, 0.3) is 5.88 Å². The summed E-state index contributed by atoms with van der Waals surface area (Å²) in [5.74, 6) is -0.315. The van der Waals surface area contributed by atoms with Gasteiger partial charge in [-0.1, -0.05) is 22.9 Å². The first-order valence-electron chi connectivity index (χ1n) is 9.38. The average molecular weight is 496 g/mol. The van der Waals surface area contributed by atoms with Crippen molar-refractivity contribution in [2.24, 2.45) is 0 Å². The molecule has 0 aliphatic rings. The van der Waals surface area contributed by atoms with Crippen LogP contribution in [0.5, 0.6) is 11.6 Å². The number of fused-ring (bicyclic) bond motifs is 2. The highest BCUT2D eigenvalue weighted by molar-refractivity contribution is 7.21. The molecule has 0 fully saturated rings. The second-order valence-corrected chi connectivity index (χ2v) is 8.62. The molecule has 11 heteroatoms. The van der Waals surface area contributed by atoms with Crippen LogP contribution >= 0.6 is 34.5 Å². The van der Waals surface area contributed by atoms with Crippen LogP contribution in [0.4, 0.5) is 9.18 Å². The van der Waals surface area contributed by atoms with E-state index in [1.165, 1.54) is 17.4 Å². The second kappa shape index (κ2) is 9.01. The third kappa shape index (κ3) is 4.55. The molecule has 0 spiro atoms. The normalized spacial score (nSPS) is 13.2. The van der Waals surface area contributed by atoms with Gasteiger partial charge in [-0.3, -0.25) is 4.98 Å². The van der Waals surface area contributed by atoms with Crippen LogP contribution in [0.15, 0.2) is 30.5 Å². The van der Waals surface area contributed by atoms with Crippen LogP contribution in [0.1, 0.15) is 13.8 Å². The van der Waals surface area contributed by atoms with Crippen molar-refractivity contribution in [2.45, 2.75) is 26.1 Å². The Hall–Kier alpha value is -2.75. The van der Waals surface area contributed by atoms with Gasteiger partial charge < -0.3 is 14.2 Å². The Kier molecular flexibility index (Phi) is 6.32. The third-order valence-electron chi connectivity index (χ3n) is 4.73. The van der Waals surface area contributed by atoms with Crippen LogP contribution in [-0.4, -0.2) is 39.7 Å². The maximum Gasteiger partial charge on any atom is 0.404 e. The maximum atomic E-state index is 14.6. The van der Waals surface area contributed by atoms with Gasteiger partial charge in [0.2, 0.25) is 0 Å². The summed E-state index contributed by atoms with van der Waals surface area (Å²) in [6, 6.07) is 6.60. The molecule has 4 aromatic rings. The molecule has 0 aliphatic carbocycles. The molecular formula is C21H16Cl2FN3O4S. The van der Waals surface area contributed by atoms with E-state index in [0.717, 1.165) is 5.39 Å². The molecule has 0 N–H and O–H groups in total. The van der Waals surface area contributed by atoms with Crippen LogP contribution in [0.2, 0.25) is 5.02 Å². The highest BCUT2D eigenvalue weighted by Gasteiger charge is 2.22. The van der Waals surface area contributed by atoms with E-state index in [-0.39, 0.29) is 5.88 Å². The quantitative estimate of drug-likeness (QED) is 0.292. The van der Waals surface area contributed by atoms with Gasteiger partial charge in [-0.25, -0.2) is 14.2 Å². The molecule has 0 saturated heterocycles. The summed E-state index contributed by atoms with van der Waals surface area (Å²) < 4.78 is 30.3. The summed E-state index contributed by atoms with van der Waals surface area (Å²) >= 11 is 12.8. The molecule has 3 heterocycles. The monoisotopic (exact) mass is 495 g/mol. The van der Waals surface area contributed by atoms with Gasteiger partial charge in [-0.2, -0.15) is 4.98 Å². The molecule has 0 radical (unpaired) electrons. The van der Waals surface area contributed by atoms with E-state index in [9.17, 15) is 9.18 Å². The predicted molar refractivity (Wildman–Crippen MR) is 122 cm³/mol. The zero-order valence-corrected chi connectivity index (χ0v) is 19.4. The number of pyridine rings is 2. The first-order valence-corrected chi connectivity index (χ1v) is 11.0. The Balaban J connectivity index is 1.73.